The molecular formula is C18H14Cl2N2O4. The van der Waals surface area contributed by atoms with Gasteiger partial charge in [-0.1, -0.05) is 23.2 Å². The van der Waals surface area contributed by atoms with E-state index in [2.05, 4.69) is 5.32 Å². The van der Waals surface area contributed by atoms with Crippen LogP contribution in [0, 0.1) is 6.92 Å². The summed E-state index contributed by atoms with van der Waals surface area (Å²) in [5.74, 6) is -0.600. The van der Waals surface area contributed by atoms with Crippen molar-refractivity contribution < 1.29 is 14.3 Å². The molecule has 1 aromatic carbocycles. The number of anilines is 1. The van der Waals surface area contributed by atoms with Gasteiger partial charge in [0.1, 0.15) is 17.1 Å². The van der Waals surface area contributed by atoms with Gasteiger partial charge in [0.15, 0.2) is 0 Å². The number of nitrogens with zero attached hydrogens (tertiary/aromatic N) is 1. The van der Waals surface area contributed by atoms with E-state index in [1.807, 2.05) is 0 Å². The number of halogens is 2. The van der Waals surface area contributed by atoms with Crippen LogP contribution in [0.15, 0.2) is 51.9 Å². The molecule has 3 aromatic rings. The predicted octanol–water partition coefficient (Wildman–Crippen LogP) is 4.06. The Kier molecular flexibility index (Phi) is 5.06. The van der Waals surface area contributed by atoms with Gasteiger partial charge in [-0.05, 0) is 37.3 Å². The van der Waals surface area contributed by atoms with Gasteiger partial charge in [0, 0.05) is 17.4 Å². The van der Waals surface area contributed by atoms with Crippen LogP contribution in [0.5, 0.6) is 5.75 Å². The molecule has 0 saturated heterocycles. The van der Waals surface area contributed by atoms with Crippen molar-refractivity contribution in [2.24, 2.45) is 0 Å². The van der Waals surface area contributed by atoms with E-state index in [0.717, 1.165) is 0 Å². The summed E-state index contributed by atoms with van der Waals surface area (Å²) >= 11 is 11.8. The predicted molar refractivity (Wildman–Crippen MR) is 99.3 cm³/mol. The average Bonchev–Trinajstić information content (AvgIpc) is 3.08. The van der Waals surface area contributed by atoms with Gasteiger partial charge in [-0.2, -0.15) is 0 Å². The fourth-order valence-electron chi connectivity index (χ4n) is 2.49. The van der Waals surface area contributed by atoms with E-state index in [1.165, 1.54) is 29.0 Å². The molecule has 0 unspecified atom stereocenters. The number of aromatic hydroxyl groups is 1. The number of carbonyl (C=O) groups excluding carboxylic acids is 1. The van der Waals surface area contributed by atoms with E-state index >= 15 is 0 Å². The lowest BCUT2D eigenvalue weighted by atomic mass is 10.2. The van der Waals surface area contributed by atoms with Gasteiger partial charge in [0.2, 0.25) is 0 Å². The lowest BCUT2D eigenvalue weighted by molar-refractivity contribution is 0.102. The van der Waals surface area contributed by atoms with Crippen LogP contribution < -0.4 is 10.9 Å². The SMILES string of the molecule is Cc1cc(O)c(C(=O)Nc2ccc(Cl)c(Cl)c2)c(=O)n1Cc1ccco1. The summed E-state index contributed by atoms with van der Waals surface area (Å²) in [6.45, 7) is 1.80. The third kappa shape index (κ3) is 3.61. The maximum Gasteiger partial charge on any atom is 0.267 e. The minimum absolute atomic E-state index is 0.144. The van der Waals surface area contributed by atoms with E-state index in [9.17, 15) is 14.7 Å². The average molecular weight is 393 g/mol. The summed E-state index contributed by atoms with van der Waals surface area (Å²) in [6.07, 6.45) is 1.49. The number of pyridine rings is 1. The van der Waals surface area contributed by atoms with Gasteiger partial charge >= 0.3 is 0 Å². The van der Waals surface area contributed by atoms with Crippen molar-refractivity contribution in [3.63, 3.8) is 0 Å². The van der Waals surface area contributed by atoms with Crippen molar-refractivity contribution in [3.8, 4) is 5.75 Å². The Bertz CT molecular complexity index is 1030. The third-order valence-corrected chi connectivity index (χ3v) is 4.52. The topological polar surface area (TPSA) is 84.5 Å². The first-order valence-electron chi connectivity index (χ1n) is 7.59. The zero-order chi connectivity index (χ0) is 18.8. The highest BCUT2D eigenvalue weighted by atomic mass is 35.5. The smallest absolute Gasteiger partial charge is 0.267 e. The fourth-order valence-corrected chi connectivity index (χ4v) is 2.79. The number of carbonyl (C=O) groups is 1. The molecule has 26 heavy (non-hydrogen) atoms. The molecular weight excluding hydrogens is 379 g/mol. The lowest BCUT2D eigenvalue weighted by Crippen LogP contribution is -2.30. The molecule has 3 rings (SSSR count). The van der Waals surface area contributed by atoms with Crippen LogP contribution in [-0.2, 0) is 6.54 Å². The molecule has 1 amide bonds. The highest BCUT2D eigenvalue weighted by molar-refractivity contribution is 6.42. The minimum atomic E-state index is -0.751. The molecule has 0 bridgehead atoms. The standard InChI is InChI=1S/C18H14Cl2N2O4/c1-10-7-15(23)16(18(25)22(10)9-12-3-2-6-26-12)17(24)21-11-4-5-13(19)14(20)8-11/h2-8,23H,9H2,1H3,(H,21,24). The number of aryl methyl sites for hydroxylation is 1. The Morgan fingerprint density at radius 3 is 2.65 bits per heavy atom. The molecule has 6 nitrogen and oxygen atoms in total. The first kappa shape index (κ1) is 18.1. The number of rotatable bonds is 4. The molecule has 2 N–H and O–H groups in total. The Morgan fingerprint density at radius 2 is 2.00 bits per heavy atom. The number of hydrogen-bond donors (Lipinski definition) is 2. The zero-order valence-corrected chi connectivity index (χ0v) is 15.1. The Balaban J connectivity index is 1.97. The fraction of sp³-hybridized carbons (Fsp3) is 0.111. The number of hydrogen-bond acceptors (Lipinski definition) is 4. The van der Waals surface area contributed by atoms with Crippen LogP contribution in [0.25, 0.3) is 0 Å². The van der Waals surface area contributed by atoms with Crippen molar-refractivity contribution in [1.82, 2.24) is 4.57 Å². The second-order valence-corrected chi connectivity index (χ2v) is 6.41. The monoisotopic (exact) mass is 392 g/mol. The first-order valence-corrected chi connectivity index (χ1v) is 8.34. The zero-order valence-electron chi connectivity index (χ0n) is 13.6. The maximum atomic E-state index is 12.7. The maximum absolute atomic E-state index is 12.7. The number of amides is 1. The molecule has 0 atom stereocenters. The molecule has 0 radical (unpaired) electrons. The first-order chi connectivity index (χ1) is 12.4. The van der Waals surface area contributed by atoms with Crippen LogP contribution in [-0.4, -0.2) is 15.6 Å². The Labute approximate surface area is 158 Å². The molecule has 0 aliphatic carbocycles. The second kappa shape index (κ2) is 7.27. The summed E-state index contributed by atoms with van der Waals surface area (Å²) in [5.41, 5.74) is -0.152. The van der Waals surface area contributed by atoms with E-state index in [4.69, 9.17) is 27.6 Å². The third-order valence-electron chi connectivity index (χ3n) is 3.79. The largest absolute Gasteiger partial charge is 0.507 e. The molecule has 8 heteroatoms. The summed E-state index contributed by atoms with van der Waals surface area (Å²) in [6, 6.07) is 9.28. The molecule has 0 aliphatic rings. The van der Waals surface area contributed by atoms with Gasteiger partial charge in [-0.15, -0.1) is 0 Å². The van der Waals surface area contributed by atoms with Crippen molar-refractivity contribution in [2.75, 3.05) is 5.32 Å². The highest BCUT2D eigenvalue weighted by Crippen LogP contribution is 2.26. The van der Waals surface area contributed by atoms with Crippen LogP contribution in [0.4, 0.5) is 5.69 Å². The van der Waals surface area contributed by atoms with Gasteiger partial charge in [-0.25, -0.2) is 0 Å². The molecule has 0 saturated carbocycles. The van der Waals surface area contributed by atoms with Crippen molar-refractivity contribution in [3.05, 3.63) is 80.1 Å². The molecule has 0 fully saturated rings. The van der Waals surface area contributed by atoms with E-state index in [0.29, 0.717) is 22.2 Å². The summed E-state index contributed by atoms with van der Waals surface area (Å²) < 4.78 is 6.60. The highest BCUT2D eigenvalue weighted by Gasteiger charge is 2.20. The minimum Gasteiger partial charge on any atom is -0.507 e. The van der Waals surface area contributed by atoms with E-state index in [1.54, 1.807) is 25.1 Å². The van der Waals surface area contributed by atoms with Crippen molar-refractivity contribution in [1.29, 1.82) is 0 Å². The van der Waals surface area contributed by atoms with Gasteiger partial charge in [-0.3, -0.25) is 9.59 Å². The van der Waals surface area contributed by atoms with E-state index in [-0.39, 0.29) is 17.1 Å². The molecule has 2 aromatic heterocycles. The Morgan fingerprint density at radius 1 is 1.23 bits per heavy atom. The quantitative estimate of drug-likeness (QED) is 0.700. The van der Waals surface area contributed by atoms with Gasteiger partial charge in [0.05, 0.1) is 22.9 Å². The summed E-state index contributed by atoms with van der Waals surface area (Å²) in [4.78, 5) is 25.3. The summed E-state index contributed by atoms with van der Waals surface area (Å²) in [5, 5.41) is 13.3. The van der Waals surface area contributed by atoms with Crippen molar-refractivity contribution >= 4 is 34.8 Å². The van der Waals surface area contributed by atoms with Gasteiger partial charge < -0.3 is 19.4 Å². The second-order valence-electron chi connectivity index (χ2n) is 5.60. The number of furan rings is 1. The normalized spacial score (nSPS) is 10.7. The number of aromatic nitrogens is 1. The van der Waals surface area contributed by atoms with Crippen LogP contribution in [0.1, 0.15) is 21.8 Å². The van der Waals surface area contributed by atoms with Crippen LogP contribution in [0.2, 0.25) is 10.0 Å². The molecule has 2 heterocycles. The molecule has 0 aliphatic heterocycles. The van der Waals surface area contributed by atoms with Gasteiger partial charge in [0.25, 0.3) is 11.5 Å². The Hall–Kier alpha value is -2.70. The lowest BCUT2D eigenvalue weighted by Gasteiger charge is -2.13. The van der Waals surface area contributed by atoms with E-state index < -0.39 is 17.2 Å². The van der Waals surface area contributed by atoms with Crippen molar-refractivity contribution in [2.45, 2.75) is 13.5 Å². The van der Waals surface area contributed by atoms with Crippen LogP contribution in [0.3, 0.4) is 0 Å². The molecule has 134 valence electrons. The van der Waals surface area contributed by atoms with Crippen LogP contribution >= 0.6 is 23.2 Å². The number of nitrogens with one attached hydrogen (secondary N) is 1. The number of benzene rings is 1. The molecule has 0 spiro atoms. The summed E-state index contributed by atoms with van der Waals surface area (Å²) in [7, 11) is 0.